The Hall–Kier alpha value is -3.21. The molecular formula is C24H26N3O2. The van der Waals surface area contributed by atoms with Crippen molar-refractivity contribution in [1.82, 2.24) is 15.3 Å². The Morgan fingerprint density at radius 3 is 2.31 bits per heavy atom. The van der Waals surface area contributed by atoms with Crippen LogP contribution in [0.1, 0.15) is 29.7 Å². The van der Waals surface area contributed by atoms with Crippen LogP contribution in [0.5, 0.6) is 0 Å². The molecule has 1 heterocycles. The van der Waals surface area contributed by atoms with Gasteiger partial charge >= 0.3 is 0 Å². The number of H-pyrrole nitrogens is 1. The molecule has 0 bridgehead atoms. The van der Waals surface area contributed by atoms with Crippen LogP contribution in [0.25, 0.3) is 0 Å². The lowest BCUT2D eigenvalue weighted by Gasteiger charge is -2.19. The quantitative estimate of drug-likeness (QED) is 0.528. The van der Waals surface area contributed by atoms with Crippen LogP contribution < -0.4 is 5.32 Å². The summed E-state index contributed by atoms with van der Waals surface area (Å²) in [5.74, 6) is -0.304. The number of carbonyl (C=O) groups is 1. The third kappa shape index (κ3) is 6.71. The Morgan fingerprint density at radius 1 is 1.00 bits per heavy atom. The van der Waals surface area contributed by atoms with Gasteiger partial charge in [0.05, 0.1) is 12.0 Å². The number of rotatable bonds is 11. The molecule has 0 saturated carbocycles. The van der Waals surface area contributed by atoms with Crippen LogP contribution in [-0.4, -0.2) is 28.2 Å². The molecule has 2 N–H and O–H groups in total. The molecule has 3 rings (SSSR count). The summed E-state index contributed by atoms with van der Waals surface area (Å²) in [5, 5.41) is 2.86. The molecule has 0 aliphatic heterocycles. The van der Waals surface area contributed by atoms with Gasteiger partial charge < -0.3 is 10.3 Å². The highest BCUT2D eigenvalue weighted by Gasteiger charge is 2.22. The van der Waals surface area contributed by atoms with Crippen LogP contribution in [0.3, 0.4) is 0 Å². The van der Waals surface area contributed by atoms with E-state index in [2.05, 4.69) is 27.4 Å². The normalized spacial score (nSPS) is 12.8. The number of aromatic amines is 1. The first-order chi connectivity index (χ1) is 14.2. The largest absolute Gasteiger partial charge is 0.351 e. The molecule has 2 aromatic carbocycles. The molecule has 1 radical (unpaired) electrons. The second-order valence-electron chi connectivity index (χ2n) is 7.21. The molecule has 0 saturated heterocycles. The molecule has 0 aliphatic rings. The lowest BCUT2D eigenvalue weighted by atomic mass is 9.92. The highest BCUT2D eigenvalue weighted by Crippen LogP contribution is 2.17. The van der Waals surface area contributed by atoms with Crippen LogP contribution in [0.4, 0.5) is 0 Å². The Bertz CT molecular complexity index is 864. The van der Waals surface area contributed by atoms with Gasteiger partial charge in [-0.25, -0.2) is 4.98 Å². The maximum atomic E-state index is 13.0. The number of nitrogens with zero attached hydrogens (tertiary/aromatic N) is 1. The van der Waals surface area contributed by atoms with E-state index in [9.17, 15) is 9.59 Å². The Labute approximate surface area is 171 Å². The van der Waals surface area contributed by atoms with Gasteiger partial charge in [-0.1, -0.05) is 60.7 Å². The van der Waals surface area contributed by atoms with Gasteiger partial charge in [0.25, 0.3) is 0 Å². The minimum Gasteiger partial charge on any atom is -0.351 e. The van der Waals surface area contributed by atoms with Gasteiger partial charge in [-0.15, -0.1) is 0 Å². The number of aryl methyl sites for hydroxylation is 1. The van der Waals surface area contributed by atoms with Crippen molar-refractivity contribution in [2.45, 2.75) is 38.1 Å². The number of carbonyl (C=O) groups excluding carboxylic acids is 2. The van der Waals surface area contributed by atoms with Gasteiger partial charge in [0.15, 0.2) is 0 Å². The van der Waals surface area contributed by atoms with E-state index >= 15 is 0 Å². The van der Waals surface area contributed by atoms with Crippen LogP contribution in [0.15, 0.2) is 73.2 Å². The minimum absolute atomic E-state index is 0.106. The zero-order valence-electron chi connectivity index (χ0n) is 16.4. The number of hydrogen-bond donors (Lipinski definition) is 2. The SMILES string of the molecule is O=[C][C@H](Cc1c[nH]cn1)NC(=O)C(CCCc1ccccc1)Cc1ccccc1. The molecule has 0 spiro atoms. The van der Waals surface area contributed by atoms with E-state index in [0.29, 0.717) is 12.8 Å². The van der Waals surface area contributed by atoms with Gasteiger partial charge in [-0.2, -0.15) is 0 Å². The third-order valence-corrected chi connectivity index (χ3v) is 4.98. The average Bonchev–Trinajstić information content (AvgIpc) is 3.27. The van der Waals surface area contributed by atoms with Crippen molar-refractivity contribution in [3.8, 4) is 0 Å². The van der Waals surface area contributed by atoms with Gasteiger partial charge in [-0.3, -0.25) is 9.59 Å². The van der Waals surface area contributed by atoms with E-state index in [1.54, 1.807) is 12.5 Å². The fourth-order valence-electron chi connectivity index (χ4n) is 3.45. The van der Waals surface area contributed by atoms with Crippen molar-refractivity contribution >= 4 is 12.2 Å². The van der Waals surface area contributed by atoms with E-state index in [1.165, 1.54) is 5.56 Å². The van der Waals surface area contributed by atoms with E-state index in [4.69, 9.17) is 0 Å². The first kappa shape index (κ1) is 20.5. The molecule has 0 fully saturated rings. The zero-order chi connectivity index (χ0) is 20.3. The van der Waals surface area contributed by atoms with Crippen LogP contribution in [0, 0.1) is 5.92 Å². The minimum atomic E-state index is -0.696. The molecule has 149 valence electrons. The highest BCUT2D eigenvalue weighted by molar-refractivity contribution is 5.82. The fraction of sp³-hybridized carbons (Fsp3) is 0.292. The first-order valence-corrected chi connectivity index (χ1v) is 9.98. The number of aromatic nitrogens is 2. The van der Waals surface area contributed by atoms with Crippen molar-refractivity contribution in [1.29, 1.82) is 0 Å². The summed E-state index contributed by atoms with van der Waals surface area (Å²) >= 11 is 0. The standard InChI is InChI=1S/C24H26N3O2/c28-17-23(15-22-16-25-18-26-22)27-24(29)21(14-20-10-5-2-6-11-20)13-7-12-19-8-3-1-4-9-19/h1-6,8-11,16,18,21,23H,7,12-15H2,(H,25,26)(H,27,29)/t21?,23-/m0/s1. The maximum Gasteiger partial charge on any atom is 0.224 e. The summed E-state index contributed by atoms with van der Waals surface area (Å²) < 4.78 is 0. The number of benzene rings is 2. The summed E-state index contributed by atoms with van der Waals surface area (Å²) in [6.45, 7) is 0. The van der Waals surface area contributed by atoms with Crippen LogP contribution in [-0.2, 0) is 28.9 Å². The molecule has 29 heavy (non-hydrogen) atoms. The van der Waals surface area contributed by atoms with E-state index < -0.39 is 6.04 Å². The average molecular weight is 388 g/mol. The van der Waals surface area contributed by atoms with Crippen molar-refractivity contribution in [3.63, 3.8) is 0 Å². The van der Waals surface area contributed by atoms with E-state index in [-0.39, 0.29) is 11.8 Å². The van der Waals surface area contributed by atoms with Gasteiger partial charge in [0.1, 0.15) is 6.04 Å². The van der Waals surface area contributed by atoms with Gasteiger partial charge in [0.2, 0.25) is 12.2 Å². The van der Waals surface area contributed by atoms with Crippen LogP contribution >= 0.6 is 0 Å². The van der Waals surface area contributed by atoms with E-state index in [1.807, 2.05) is 54.8 Å². The predicted octanol–water partition coefficient (Wildman–Crippen LogP) is 3.43. The lowest BCUT2D eigenvalue weighted by Crippen LogP contribution is -2.41. The van der Waals surface area contributed by atoms with Gasteiger partial charge in [0, 0.05) is 18.5 Å². The van der Waals surface area contributed by atoms with Crippen molar-refractivity contribution in [2.75, 3.05) is 0 Å². The van der Waals surface area contributed by atoms with Crippen molar-refractivity contribution in [2.24, 2.45) is 5.92 Å². The van der Waals surface area contributed by atoms with Crippen molar-refractivity contribution in [3.05, 3.63) is 90.0 Å². The monoisotopic (exact) mass is 388 g/mol. The van der Waals surface area contributed by atoms with Crippen molar-refractivity contribution < 1.29 is 9.59 Å². The number of amides is 1. The smallest absolute Gasteiger partial charge is 0.224 e. The molecule has 2 atom stereocenters. The molecule has 1 unspecified atom stereocenters. The summed E-state index contributed by atoms with van der Waals surface area (Å²) in [6.07, 6.45) is 8.78. The fourth-order valence-corrected chi connectivity index (χ4v) is 3.45. The molecular weight excluding hydrogens is 362 g/mol. The van der Waals surface area contributed by atoms with Crippen LogP contribution in [0.2, 0.25) is 0 Å². The summed E-state index contributed by atoms with van der Waals surface area (Å²) in [6, 6.07) is 19.6. The number of hydrogen-bond acceptors (Lipinski definition) is 3. The second-order valence-corrected chi connectivity index (χ2v) is 7.21. The van der Waals surface area contributed by atoms with E-state index in [0.717, 1.165) is 30.5 Å². The molecule has 3 aromatic rings. The number of nitrogens with one attached hydrogen (secondary N) is 2. The topological polar surface area (TPSA) is 74.8 Å². The van der Waals surface area contributed by atoms with Gasteiger partial charge in [-0.05, 0) is 36.8 Å². The molecule has 5 heteroatoms. The Morgan fingerprint density at radius 2 is 1.69 bits per heavy atom. The third-order valence-electron chi connectivity index (χ3n) is 4.98. The Kier molecular flexibility index (Phi) is 7.75. The maximum absolute atomic E-state index is 13.0. The molecule has 5 nitrogen and oxygen atoms in total. The Balaban J connectivity index is 1.62. The summed E-state index contributed by atoms with van der Waals surface area (Å²) in [5.41, 5.74) is 3.11. The molecule has 1 amide bonds. The second kappa shape index (κ2) is 11.0. The first-order valence-electron chi connectivity index (χ1n) is 9.98. The summed E-state index contributed by atoms with van der Waals surface area (Å²) in [4.78, 5) is 31.3. The predicted molar refractivity (Wildman–Crippen MR) is 113 cm³/mol. The number of imidazole rings is 1. The molecule has 1 aromatic heterocycles. The zero-order valence-corrected chi connectivity index (χ0v) is 16.4. The lowest BCUT2D eigenvalue weighted by molar-refractivity contribution is -0.125. The summed E-state index contributed by atoms with van der Waals surface area (Å²) in [7, 11) is 0. The molecule has 0 aliphatic carbocycles. The highest BCUT2D eigenvalue weighted by atomic mass is 16.2.